The zero-order valence-corrected chi connectivity index (χ0v) is 9.15. The van der Waals surface area contributed by atoms with Crippen LogP contribution >= 0.6 is 20.7 Å². The summed E-state index contributed by atoms with van der Waals surface area (Å²) in [6.07, 6.45) is 3.22. The van der Waals surface area contributed by atoms with Gasteiger partial charge in [-0.2, -0.15) is 0 Å². The van der Waals surface area contributed by atoms with E-state index in [2.05, 4.69) is 9.84 Å². The third-order valence-corrected chi connectivity index (χ3v) is 2.59. The Kier molecular flexibility index (Phi) is 7.81. The molecular formula is C7H16ClNO3P+. The molecular weight excluding hydrogens is 213 g/mol. The van der Waals surface area contributed by atoms with Crippen molar-refractivity contribution in [3.63, 3.8) is 0 Å². The molecule has 1 aliphatic rings. The molecule has 0 bridgehead atoms. The fraction of sp³-hybridized carbons (Fsp3) is 1.00. The molecule has 1 aliphatic heterocycles. The van der Waals surface area contributed by atoms with Crippen molar-refractivity contribution in [3.8, 4) is 0 Å². The number of hydrogen-bond acceptors (Lipinski definition) is 3. The summed E-state index contributed by atoms with van der Waals surface area (Å²) in [5.74, 6) is 0.668. The van der Waals surface area contributed by atoms with Crippen molar-refractivity contribution in [2.45, 2.75) is 19.3 Å². The molecule has 0 aromatic carbocycles. The summed E-state index contributed by atoms with van der Waals surface area (Å²) in [7, 11) is -2.39. The Hall–Kier alpha value is 0.270. The Morgan fingerprint density at radius 3 is 2.62 bits per heavy atom. The van der Waals surface area contributed by atoms with Crippen LogP contribution in [0.15, 0.2) is 0 Å². The molecule has 78 valence electrons. The topological polar surface area (TPSA) is 58.6 Å². The SMILES string of the molecule is Cl.O=[P+](O)OCCC1CCNCC1. The van der Waals surface area contributed by atoms with Crippen LogP contribution in [0.3, 0.4) is 0 Å². The van der Waals surface area contributed by atoms with Crippen molar-refractivity contribution in [2.24, 2.45) is 5.92 Å². The quantitative estimate of drug-likeness (QED) is 0.716. The largest absolute Gasteiger partial charge is 0.694 e. The maximum absolute atomic E-state index is 10.2. The molecule has 1 rings (SSSR count). The highest BCUT2D eigenvalue weighted by molar-refractivity contribution is 7.32. The lowest BCUT2D eigenvalue weighted by molar-refractivity contribution is 0.237. The van der Waals surface area contributed by atoms with Crippen LogP contribution in [0.25, 0.3) is 0 Å². The van der Waals surface area contributed by atoms with E-state index in [0.717, 1.165) is 32.4 Å². The maximum Gasteiger partial charge on any atom is 0.694 e. The van der Waals surface area contributed by atoms with Gasteiger partial charge in [0.05, 0.1) is 0 Å². The van der Waals surface area contributed by atoms with Crippen LogP contribution < -0.4 is 5.32 Å². The van der Waals surface area contributed by atoms with Gasteiger partial charge in [-0.15, -0.1) is 21.8 Å². The molecule has 2 N–H and O–H groups in total. The highest BCUT2D eigenvalue weighted by Gasteiger charge is 2.16. The summed E-state index contributed by atoms with van der Waals surface area (Å²) in [5, 5.41) is 3.27. The number of rotatable bonds is 4. The molecule has 6 heteroatoms. The Bertz CT molecular complexity index is 153. The van der Waals surface area contributed by atoms with Gasteiger partial charge in [-0.05, 0) is 38.3 Å². The second-order valence-corrected chi connectivity index (χ2v) is 3.79. The molecule has 0 aliphatic carbocycles. The summed E-state index contributed by atoms with van der Waals surface area (Å²) < 4.78 is 14.7. The van der Waals surface area contributed by atoms with Gasteiger partial charge in [0, 0.05) is 4.57 Å². The Morgan fingerprint density at radius 1 is 1.46 bits per heavy atom. The molecule has 13 heavy (non-hydrogen) atoms. The average molecular weight is 229 g/mol. The van der Waals surface area contributed by atoms with E-state index >= 15 is 0 Å². The minimum Gasteiger partial charge on any atom is -0.317 e. The number of halogens is 1. The lowest BCUT2D eigenvalue weighted by Gasteiger charge is -2.21. The summed E-state index contributed by atoms with van der Waals surface area (Å²) in [6, 6.07) is 0. The molecule has 4 nitrogen and oxygen atoms in total. The van der Waals surface area contributed by atoms with Crippen LogP contribution in [-0.4, -0.2) is 24.6 Å². The Morgan fingerprint density at radius 2 is 2.08 bits per heavy atom. The third-order valence-electron chi connectivity index (χ3n) is 2.19. The smallest absolute Gasteiger partial charge is 0.317 e. The molecule has 0 saturated carbocycles. The van der Waals surface area contributed by atoms with Crippen LogP contribution in [0.1, 0.15) is 19.3 Å². The van der Waals surface area contributed by atoms with E-state index in [1.807, 2.05) is 0 Å². The summed E-state index contributed by atoms with van der Waals surface area (Å²) in [6.45, 7) is 2.54. The molecule has 0 amide bonds. The summed E-state index contributed by atoms with van der Waals surface area (Å²) in [4.78, 5) is 8.36. The fourth-order valence-corrected chi connectivity index (χ4v) is 1.73. The lowest BCUT2D eigenvalue weighted by Crippen LogP contribution is -2.28. The van der Waals surface area contributed by atoms with Crippen LogP contribution in [-0.2, 0) is 9.09 Å². The van der Waals surface area contributed by atoms with Crippen LogP contribution in [0.4, 0.5) is 0 Å². The van der Waals surface area contributed by atoms with E-state index < -0.39 is 8.25 Å². The van der Waals surface area contributed by atoms with Crippen LogP contribution in [0.5, 0.6) is 0 Å². The van der Waals surface area contributed by atoms with Gasteiger partial charge in [0.25, 0.3) is 0 Å². The van der Waals surface area contributed by atoms with E-state index in [-0.39, 0.29) is 12.4 Å². The first kappa shape index (κ1) is 13.3. The standard InChI is InChI=1S/C7H14NO3P.ClH/c9-12(10)11-6-3-7-1-4-8-5-2-7;/h7-8H,1-6H2;1H/p+1. The highest BCUT2D eigenvalue weighted by Crippen LogP contribution is 2.20. The van der Waals surface area contributed by atoms with Crippen molar-refractivity contribution in [1.82, 2.24) is 5.32 Å². The Labute approximate surface area is 85.4 Å². The minimum atomic E-state index is -2.39. The second kappa shape index (κ2) is 7.65. The monoisotopic (exact) mass is 228 g/mol. The lowest BCUT2D eigenvalue weighted by atomic mass is 9.95. The maximum atomic E-state index is 10.2. The predicted molar refractivity (Wildman–Crippen MR) is 53.2 cm³/mol. The number of piperidine rings is 1. The molecule has 1 atom stereocenters. The predicted octanol–water partition coefficient (Wildman–Crippen LogP) is 1.46. The highest BCUT2D eigenvalue weighted by atomic mass is 35.5. The third kappa shape index (κ3) is 6.36. The number of hydrogen-bond donors (Lipinski definition) is 2. The average Bonchev–Trinajstić information content (AvgIpc) is 2.05. The summed E-state index contributed by atoms with van der Waals surface area (Å²) >= 11 is 0. The van der Waals surface area contributed by atoms with Gasteiger partial charge in [-0.1, -0.05) is 0 Å². The molecule has 0 radical (unpaired) electrons. The van der Waals surface area contributed by atoms with E-state index in [9.17, 15) is 4.57 Å². The van der Waals surface area contributed by atoms with Gasteiger partial charge in [-0.3, -0.25) is 0 Å². The van der Waals surface area contributed by atoms with Gasteiger partial charge in [0.2, 0.25) is 0 Å². The summed E-state index contributed by atoms with van der Waals surface area (Å²) in [5.41, 5.74) is 0. The normalized spacial score (nSPS) is 19.3. The van der Waals surface area contributed by atoms with Gasteiger partial charge >= 0.3 is 8.25 Å². The van der Waals surface area contributed by atoms with Crippen molar-refractivity contribution in [3.05, 3.63) is 0 Å². The van der Waals surface area contributed by atoms with Crippen LogP contribution in [0.2, 0.25) is 0 Å². The van der Waals surface area contributed by atoms with Gasteiger partial charge in [-0.25, -0.2) is 0 Å². The fourth-order valence-electron chi connectivity index (χ4n) is 1.47. The van der Waals surface area contributed by atoms with Crippen molar-refractivity contribution in [2.75, 3.05) is 19.7 Å². The number of nitrogens with one attached hydrogen (secondary N) is 1. The molecule has 1 saturated heterocycles. The van der Waals surface area contributed by atoms with Gasteiger partial charge in [0.15, 0.2) is 0 Å². The first-order chi connectivity index (χ1) is 5.79. The van der Waals surface area contributed by atoms with Gasteiger partial charge in [0.1, 0.15) is 6.61 Å². The van der Waals surface area contributed by atoms with Crippen molar-refractivity contribution in [1.29, 1.82) is 0 Å². The van der Waals surface area contributed by atoms with Crippen molar-refractivity contribution >= 4 is 20.7 Å². The molecule has 0 aromatic rings. The second-order valence-electron chi connectivity index (χ2n) is 3.05. The van der Waals surface area contributed by atoms with Gasteiger partial charge < -0.3 is 5.32 Å². The van der Waals surface area contributed by atoms with Crippen LogP contribution in [0, 0.1) is 5.92 Å². The molecule has 1 fully saturated rings. The zero-order valence-electron chi connectivity index (χ0n) is 7.44. The first-order valence-electron chi connectivity index (χ1n) is 4.29. The molecule has 1 heterocycles. The minimum absolute atomic E-state index is 0. The molecule has 0 spiro atoms. The van der Waals surface area contributed by atoms with Crippen molar-refractivity contribution < 1.29 is 14.0 Å². The zero-order chi connectivity index (χ0) is 8.81. The van der Waals surface area contributed by atoms with E-state index in [1.165, 1.54) is 0 Å². The first-order valence-corrected chi connectivity index (χ1v) is 5.42. The van der Waals surface area contributed by atoms with E-state index in [0.29, 0.717) is 12.5 Å². The molecule has 1 unspecified atom stereocenters. The van der Waals surface area contributed by atoms with E-state index in [1.54, 1.807) is 0 Å². The van der Waals surface area contributed by atoms with E-state index in [4.69, 9.17) is 4.89 Å². The molecule has 0 aromatic heterocycles. The Balaban J connectivity index is 0.00000144.